The third-order valence-corrected chi connectivity index (χ3v) is 6.52. The standard InChI is InChI=1S/C26H28O4S/c27-25(28)21-30-19-18-29-17-10-20-31-26(22-11-4-1-5-12-22,23-13-6-2-7-14-23)24-15-8-3-9-16-24/h1-9,11-16H,10,17-21H2,(H,27,28). The second-order valence-electron chi connectivity index (χ2n) is 7.04. The van der Waals surface area contributed by atoms with Crippen molar-refractivity contribution in [2.45, 2.75) is 11.2 Å². The van der Waals surface area contributed by atoms with Crippen molar-refractivity contribution in [3.63, 3.8) is 0 Å². The van der Waals surface area contributed by atoms with Gasteiger partial charge in [-0.25, -0.2) is 4.79 Å². The number of hydrogen-bond donors (Lipinski definition) is 1. The number of aliphatic carboxylic acids is 1. The van der Waals surface area contributed by atoms with Crippen molar-refractivity contribution >= 4 is 17.7 Å². The van der Waals surface area contributed by atoms with Gasteiger partial charge in [-0.3, -0.25) is 0 Å². The molecule has 162 valence electrons. The molecule has 0 bridgehead atoms. The van der Waals surface area contributed by atoms with Crippen LogP contribution in [0.2, 0.25) is 0 Å². The van der Waals surface area contributed by atoms with Crippen LogP contribution in [0.4, 0.5) is 0 Å². The lowest BCUT2D eigenvalue weighted by Crippen LogP contribution is -2.26. The van der Waals surface area contributed by atoms with E-state index in [2.05, 4.69) is 91.0 Å². The predicted molar refractivity (Wildman–Crippen MR) is 126 cm³/mol. The van der Waals surface area contributed by atoms with E-state index < -0.39 is 5.97 Å². The number of carboxylic acids is 1. The largest absolute Gasteiger partial charge is 0.480 e. The van der Waals surface area contributed by atoms with Crippen LogP contribution in [0.1, 0.15) is 23.1 Å². The molecule has 0 saturated heterocycles. The Morgan fingerprint density at radius 3 is 1.61 bits per heavy atom. The highest BCUT2D eigenvalue weighted by Gasteiger charge is 2.36. The Bertz CT molecular complexity index is 804. The first-order valence-electron chi connectivity index (χ1n) is 10.4. The van der Waals surface area contributed by atoms with Crippen LogP contribution < -0.4 is 0 Å². The average Bonchev–Trinajstić information content (AvgIpc) is 2.82. The van der Waals surface area contributed by atoms with Crippen LogP contribution in [0.15, 0.2) is 91.0 Å². The molecule has 0 fully saturated rings. The molecule has 0 radical (unpaired) electrons. The molecular formula is C26H28O4S. The minimum absolute atomic E-state index is 0.285. The Kier molecular flexibility index (Phi) is 9.16. The lowest BCUT2D eigenvalue weighted by molar-refractivity contribution is -0.142. The molecule has 5 heteroatoms. The molecule has 0 spiro atoms. The zero-order valence-electron chi connectivity index (χ0n) is 17.5. The van der Waals surface area contributed by atoms with Crippen LogP contribution in [0.25, 0.3) is 0 Å². The van der Waals surface area contributed by atoms with Gasteiger partial charge in [0.15, 0.2) is 0 Å². The molecule has 0 heterocycles. The van der Waals surface area contributed by atoms with E-state index in [9.17, 15) is 4.79 Å². The molecule has 0 aliphatic heterocycles. The van der Waals surface area contributed by atoms with Gasteiger partial charge in [-0.05, 0) is 28.9 Å². The second kappa shape index (κ2) is 12.3. The Labute approximate surface area is 188 Å². The van der Waals surface area contributed by atoms with Gasteiger partial charge in [-0.2, -0.15) is 0 Å². The van der Waals surface area contributed by atoms with E-state index in [4.69, 9.17) is 14.6 Å². The van der Waals surface area contributed by atoms with Crippen molar-refractivity contribution in [2.24, 2.45) is 0 Å². The van der Waals surface area contributed by atoms with Gasteiger partial charge in [-0.15, -0.1) is 11.8 Å². The first kappa shape index (κ1) is 23.1. The summed E-state index contributed by atoms with van der Waals surface area (Å²) in [5.74, 6) is -0.0511. The highest BCUT2D eigenvalue weighted by atomic mass is 32.2. The summed E-state index contributed by atoms with van der Waals surface area (Å²) in [5, 5.41) is 8.58. The summed E-state index contributed by atoms with van der Waals surface area (Å²) in [7, 11) is 0. The normalized spacial score (nSPS) is 11.4. The number of rotatable bonds is 13. The number of ether oxygens (including phenoxy) is 2. The quantitative estimate of drug-likeness (QED) is 0.294. The first-order chi connectivity index (χ1) is 15.2. The van der Waals surface area contributed by atoms with Gasteiger partial charge in [0.25, 0.3) is 0 Å². The Morgan fingerprint density at radius 1 is 0.710 bits per heavy atom. The van der Waals surface area contributed by atoms with Crippen LogP contribution in [0.5, 0.6) is 0 Å². The molecule has 0 amide bonds. The molecule has 0 atom stereocenters. The molecule has 0 aliphatic carbocycles. The van der Waals surface area contributed by atoms with E-state index in [0.717, 1.165) is 12.2 Å². The fourth-order valence-corrected chi connectivity index (χ4v) is 5.01. The lowest BCUT2D eigenvalue weighted by Gasteiger charge is -2.35. The van der Waals surface area contributed by atoms with Crippen molar-refractivity contribution in [1.29, 1.82) is 0 Å². The predicted octanol–water partition coefficient (Wildman–Crippen LogP) is 5.22. The third-order valence-electron chi connectivity index (χ3n) is 4.89. The van der Waals surface area contributed by atoms with Crippen LogP contribution in [0, 0.1) is 0 Å². The molecule has 0 unspecified atom stereocenters. The maximum Gasteiger partial charge on any atom is 0.329 e. The topological polar surface area (TPSA) is 55.8 Å². The molecule has 0 aromatic heterocycles. The van der Waals surface area contributed by atoms with E-state index in [-0.39, 0.29) is 11.4 Å². The van der Waals surface area contributed by atoms with Gasteiger partial charge in [0.05, 0.1) is 18.0 Å². The Balaban J connectivity index is 1.72. The van der Waals surface area contributed by atoms with E-state index in [1.165, 1.54) is 16.7 Å². The summed E-state index contributed by atoms with van der Waals surface area (Å²) in [4.78, 5) is 10.4. The molecule has 31 heavy (non-hydrogen) atoms. The first-order valence-corrected chi connectivity index (χ1v) is 11.4. The lowest BCUT2D eigenvalue weighted by atomic mass is 9.84. The molecule has 3 aromatic carbocycles. The minimum Gasteiger partial charge on any atom is -0.480 e. The number of hydrogen-bond acceptors (Lipinski definition) is 4. The maximum atomic E-state index is 10.4. The van der Waals surface area contributed by atoms with E-state index in [1.54, 1.807) is 0 Å². The maximum absolute atomic E-state index is 10.4. The van der Waals surface area contributed by atoms with E-state index >= 15 is 0 Å². The number of carbonyl (C=O) groups is 1. The van der Waals surface area contributed by atoms with Crippen molar-refractivity contribution in [3.05, 3.63) is 108 Å². The molecule has 0 aliphatic rings. The van der Waals surface area contributed by atoms with Crippen molar-refractivity contribution in [2.75, 3.05) is 32.2 Å². The zero-order valence-corrected chi connectivity index (χ0v) is 18.3. The molecule has 4 nitrogen and oxygen atoms in total. The number of benzene rings is 3. The van der Waals surface area contributed by atoms with Crippen LogP contribution in [-0.4, -0.2) is 43.3 Å². The summed E-state index contributed by atoms with van der Waals surface area (Å²) >= 11 is 1.91. The van der Waals surface area contributed by atoms with Crippen LogP contribution in [0.3, 0.4) is 0 Å². The van der Waals surface area contributed by atoms with E-state index in [0.29, 0.717) is 19.8 Å². The highest BCUT2D eigenvalue weighted by molar-refractivity contribution is 8.00. The van der Waals surface area contributed by atoms with Crippen molar-refractivity contribution < 1.29 is 19.4 Å². The summed E-state index contributed by atoms with van der Waals surface area (Å²) in [5.41, 5.74) is 3.75. The summed E-state index contributed by atoms with van der Waals surface area (Å²) in [6, 6.07) is 31.9. The Morgan fingerprint density at radius 2 is 1.16 bits per heavy atom. The van der Waals surface area contributed by atoms with Crippen molar-refractivity contribution in [1.82, 2.24) is 0 Å². The molecular weight excluding hydrogens is 408 g/mol. The fraction of sp³-hybridized carbons (Fsp3) is 0.269. The van der Waals surface area contributed by atoms with Crippen LogP contribution >= 0.6 is 11.8 Å². The minimum atomic E-state index is -0.963. The highest BCUT2D eigenvalue weighted by Crippen LogP contribution is 2.48. The van der Waals surface area contributed by atoms with E-state index in [1.807, 2.05) is 11.8 Å². The summed E-state index contributed by atoms with van der Waals surface area (Å²) in [6.07, 6.45) is 0.887. The SMILES string of the molecule is O=C(O)COCCOCCCSC(c1ccccc1)(c1ccccc1)c1ccccc1. The zero-order chi connectivity index (χ0) is 21.8. The van der Waals surface area contributed by atoms with Gasteiger partial charge >= 0.3 is 5.97 Å². The average molecular weight is 437 g/mol. The number of thioether (sulfide) groups is 1. The fourth-order valence-electron chi connectivity index (χ4n) is 3.53. The van der Waals surface area contributed by atoms with Crippen molar-refractivity contribution in [3.8, 4) is 0 Å². The van der Waals surface area contributed by atoms with Gasteiger partial charge in [-0.1, -0.05) is 91.0 Å². The summed E-state index contributed by atoms with van der Waals surface area (Å²) in [6.45, 7) is 1.02. The van der Waals surface area contributed by atoms with Gasteiger partial charge in [0.2, 0.25) is 0 Å². The van der Waals surface area contributed by atoms with Gasteiger partial charge in [0.1, 0.15) is 6.61 Å². The van der Waals surface area contributed by atoms with Crippen LogP contribution in [-0.2, 0) is 19.0 Å². The molecule has 3 rings (SSSR count). The molecule has 1 N–H and O–H groups in total. The molecule has 0 saturated carbocycles. The van der Waals surface area contributed by atoms with Gasteiger partial charge < -0.3 is 14.6 Å². The summed E-state index contributed by atoms with van der Waals surface area (Å²) < 4.78 is 10.3. The smallest absolute Gasteiger partial charge is 0.329 e. The second-order valence-corrected chi connectivity index (χ2v) is 8.35. The van der Waals surface area contributed by atoms with Gasteiger partial charge in [0, 0.05) is 6.61 Å². The Hall–Kier alpha value is -2.60. The third kappa shape index (κ3) is 6.44. The number of carboxylic acid groups (broad SMARTS) is 1. The monoisotopic (exact) mass is 436 g/mol. The molecule has 3 aromatic rings.